The van der Waals surface area contributed by atoms with Gasteiger partial charge in [0.15, 0.2) is 0 Å². The zero-order chi connectivity index (χ0) is 25.3. The number of anilines is 1. The number of ether oxygens (including phenoxy) is 1. The number of methoxy groups -OCH3 is 1. The Kier molecular flexibility index (Phi) is 6.48. The van der Waals surface area contributed by atoms with Crippen molar-refractivity contribution in [3.63, 3.8) is 0 Å². The first-order chi connectivity index (χ1) is 17.3. The number of nitrogens with one attached hydrogen (secondary N) is 2. The average Bonchev–Trinajstić information content (AvgIpc) is 3.64. The molecule has 5 nitrogen and oxygen atoms in total. The van der Waals surface area contributed by atoms with Crippen molar-refractivity contribution in [2.45, 2.75) is 45.6 Å². The topological polar surface area (TPSA) is 55.3 Å². The van der Waals surface area contributed by atoms with Crippen LogP contribution in [0.3, 0.4) is 0 Å². The Morgan fingerprint density at radius 3 is 2.50 bits per heavy atom. The molecule has 4 aromatic rings. The van der Waals surface area contributed by atoms with Gasteiger partial charge in [-0.1, -0.05) is 57.2 Å². The summed E-state index contributed by atoms with van der Waals surface area (Å²) in [5.74, 6) is 1.50. The van der Waals surface area contributed by atoms with Gasteiger partial charge in [0.05, 0.1) is 7.11 Å². The highest BCUT2D eigenvalue weighted by Crippen LogP contribution is 2.35. The molecular weight excluding hydrogens is 446 g/mol. The van der Waals surface area contributed by atoms with Gasteiger partial charge in [-0.15, -0.1) is 0 Å². The highest BCUT2D eigenvalue weighted by molar-refractivity contribution is 6.00. The minimum Gasteiger partial charge on any atom is -0.497 e. The number of rotatable bonds is 7. The van der Waals surface area contributed by atoms with Gasteiger partial charge in [0.25, 0.3) is 0 Å². The second-order valence-electron chi connectivity index (χ2n) is 10.9. The van der Waals surface area contributed by atoms with E-state index in [1.54, 1.807) is 7.11 Å². The van der Waals surface area contributed by atoms with Crippen LogP contribution < -0.4 is 15.4 Å². The van der Waals surface area contributed by atoms with Crippen molar-refractivity contribution in [2.24, 2.45) is 5.92 Å². The molecule has 0 bridgehead atoms. The number of hydrogen-bond donors (Lipinski definition) is 2. The number of urea groups is 1. The molecule has 3 aromatic carbocycles. The van der Waals surface area contributed by atoms with Crippen LogP contribution in [0, 0.1) is 5.92 Å². The summed E-state index contributed by atoms with van der Waals surface area (Å²) in [4.78, 5) is 12.4. The van der Waals surface area contributed by atoms with Gasteiger partial charge in [-0.3, -0.25) is 0 Å². The van der Waals surface area contributed by atoms with Crippen LogP contribution in [0.1, 0.15) is 44.7 Å². The normalized spacial score (nSPS) is 13.6. The van der Waals surface area contributed by atoms with Gasteiger partial charge >= 0.3 is 6.03 Å². The Balaban J connectivity index is 1.51. The van der Waals surface area contributed by atoms with E-state index in [0.29, 0.717) is 5.92 Å². The Morgan fingerprint density at radius 1 is 1.03 bits per heavy atom. The quantitative estimate of drug-likeness (QED) is 0.293. The molecule has 0 spiro atoms. The minimum atomic E-state index is -0.145. The summed E-state index contributed by atoms with van der Waals surface area (Å²) >= 11 is 0. The minimum absolute atomic E-state index is 0.101. The molecule has 2 N–H and O–H groups in total. The van der Waals surface area contributed by atoms with E-state index in [1.807, 2.05) is 18.2 Å². The Hall–Kier alpha value is -3.73. The second-order valence-corrected chi connectivity index (χ2v) is 10.9. The maximum atomic E-state index is 12.4. The molecule has 0 radical (unpaired) electrons. The second kappa shape index (κ2) is 9.73. The van der Waals surface area contributed by atoms with Crippen LogP contribution in [0.4, 0.5) is 10.5 Å². The van der Waals surface area contributed by atoms with E-state index in [2.05, 4.69) is 90.7 Å². The smallest absolute Gasteiger partial charge is 0.319 e. The van der Waals surface area contributed by atoms with Crippen LogP contribution in [-0.4, -0.2) is 24.3 Å². The summed E-state index contributed by atoms with van der Waals surface area (Å²) in [6, 6.07) is 23.0. The maximum Gasteiger partial charge on any atom is 0.319 e. The van der Waals surface area contributed by atoms with E-state index in [-0.39, 0.29) is 11.4 Å². The van der Waals surface area contributed by atoms with Crippen LogP contribution in [0.2, 0.25) is 0 Å². The first-order valence-corrected chi connectivity index (χ1v) is 12.7. The lowest BCUT2D eigenvalue weighted by Gasteiger charge is -2.19. The summed E-state index contributed by atoms with van der Waals surface area (Å²) in [5, 5.41) is 7.12. The van der Waals surface area contributed by atoms with E-state index in [0.717, 1.165) is 46.6 Å². The summed E-state index contributed by atoms with van der Waals surface area (Å²) in [6.07, 6.45) is 4.64. The lowest BCUT2D eigenvalue weighted by Crippen LogP contribution is -2.30. The maximum absolute atomic E-state index is 12.4. The van der Waals surface area contributed by atoms with Crippen molar-refractivity contribution in [3.05, 3.63) is 84.1 Å². The predicted octanol–water partition coefficient (Wildman–Crippen LogP) is 7.19. The van der Waals surface area contributed by atoms with Crippen molar-refractivity contribution in [2.75, 3.05) is 19.0 Å². The fourth-order valence-corrected chi connectivity index (χ4v) is 4.59. The van der Waals surface area contributed by atoms with Crippen molar-refractivity contribution in [1.82, 2.24) is 9.88 Å². The Morgan fingerprint density at radius 2 is 1.81 bits per heavy atom. The molecule has 0 aliphatic heterocycles. The van der Waals surface area contributed by atoms with Crippen molar-refractivity contribution < 1.29 is 9.53 Å². The number of aromatic nitrogens is 1. The van der Waals surface area contributed by atoms with Gasteiger partial charge in [0.1, 0.15) is 5.75 Å². The Labute approximate surface area is 213 Å². The third-order valence-electron chi connectivity index (χ3n) is 6.94. The molecule has 0 unspecified atom stereocenters. The van der Waals surface area contributed by atoms with Gasteiger partial charge in [-0.05, 0) is 71.2 Å². The first kappa shape index (κ1) is 24.0. The molecule has 5 heteroatoms. The molecule has 36 heavy (non-hydrogen) atoms. The highest BCUT2D eigenvalue weighted by atomic mass is 16.5. The Bertz CT molecular complexity index is 1380. The van der Waals surface area contributed by atoms with Crippen LogP contribution in [0.5, 0.6) is 5.75 Å². The van der Waals surface area contributed by atoms with E-state index in [9.17, 15) is 4.79 Å². The van der Waals surface area contributed by atoms with Crippen molar-refractivity contribution in [3.8, 4) is 16.9 Å². The molecule has 5 rings (SSSR count). The summed E-state index contributed by atoms with van der Waals surface area (Å²) < 4.78 is 7.70. The number of amides is 2. The third kappa shape index (κ3) is 5.40. The summed E-state index contributed by atoms with van der Waals surface area (Å²) in [7, 11) is 1.69. The fourth-order valence-electron chi connectivity index (χ4n) is 4.59. The van der Waals surface area contributed by atoms with E-state index in [1.165, 1.54) is 24.0 Å². The van der Waals surface area contributed by atoms with Crippen LogP contribution in [0.25, 0.3) is 22.0 Å². The lowest BCUT2D eigenvalue weighted by molar-refractivity contribution is 0.251. The third-order valence-corrected chi connectivity index (χ3v) is 6.94. The number of benzene rings is 3. The summed E-state index contributed by atoms with van der Waals surface area (Å²) in [5.41, 5.74) is 6.80. The SMILES string of the molecule is COc1cccc(Cn2cc(-c3ccc(C(C)(C)C)cc3)c3cc(NC(=O)NCC4CC4)ccc32)c1. The van der Waals surface area contributed by atoms with E-state index in [4.69, 9.17) is 4.74 Å². The number of hydrogen-bond acceptors (Lipinski definition) is 2. The van der Waals surface area contributed by atoms with Crippen molar-refractivity contribution >= 4 is 22.6 Å². The molecule has 1 aliphatic rings. The number of fused-ring (bicyclic) bond motifs is 1. The molecule has 1 saturated carbocycles. The zero-order valence-electron chi connectivity index (χ0n) is 21.6. The zero-order valence-corrected chi connectivity index (χ0v) is 21.6. The van der Waals surface area contributed by atoms with Gasteiger partial charge in [0, 0.05) is 41.4 Å². The molecule has 1 aliphatic carbocycles. The van der Waals surface area contributed by atoms with Crippen LogP contribution in [0.15, 0.2) is 72.9 Å². The van der Waals surface area contributed by atoms with Gasteiger partial charge in [-0.25, -0.2) is 4.79 Å². The van der Waals surface area contributed by atoms with E-state index >= 15 is 0 Å². The molecule has 186 valence electrons. The molecule has 0 atom stereocenters. The molecule has 1 aromatic heterocycles. The van der Waals surface area contributed by atoms with Gasteiger partial charge < -0.3 is 19.9 Å². The fraction of sp³-hybridized carbons (Fsp3) is 0.323. The number of carbonyl (C=O) groups excluding carboxylic acids is 1. The van der Waals surface area contributed by atoms with E-state index < -0.39 is 0 Å². The first-order valence-electron chi connectivity index (χ1n) is 12.7. The number of carbonyl (C=O) groups is 1. The molecule has 1 heterocycles. The highest BCUT2D eigenvalue weighted by Gasteiger charge is 2.21. The van der Waals surface area contributed by atoms with Crippen molar-refractivity contribution in [1.29, 1.82) is 0 Å². The standard InChI is InChI=1S/C31H35N3O2/c1-31(2,3)24-12-10-23(11-13-24)28-20-34(19-22-6-5-7-26(16-22)36-4)29-15-14-25(17-27(28)29)33-30(35)32-18-21-8-9-21/h5-7,10-17,20-21H,8-9,18-19H2,1-4H3,(H2,32,33,35). The van der Waals surface area contributed by atoms with Gasteiger partial charge in [0.2, 0.25) is 0 Å². The van der Waals surface area contributed by atoms with Crippen LogP contribution in [-0.2, 0) is 12.0 Å². The lowest BCUT2D eigenvalue weighted by atomic mass is 9.86. The molecule has 2 amide bonds. The monoisotopic (exact) mass is 481 g/mol. The summed E-state index contributed by atoms with van der Waals surface area (Å²) in [6.45, 7) is 8.16. The largest absolute Gasteiger partial charge is 0.497 e. The average molecular weight is 482 g/mol. The predicted molar refractivity (Wildman–Crippen MR) is 148 cm³/mol. The molecule has 1 fully saturated rings. The van der Waals surface area contributed by atoms with Crippen LogP contribution >= 0.6 is 0 Å². The molecule has 0 saturated heterocycles. The number of nitrogens with zero attached hydrogens (tertiary/aromatic N) is 1. The molecular formula is C31H35N3O2. The van der Waals surface area contributed by atoms with Gasteiger partial charge in [-0.2, -0.15) is 0 Å².